The quantitative estimate of drug-likeness (QED) is 0.315. The van der Waals surface area contributed by atoms with Crippen molar-refractivity contribution in [3.8, 4) is 0 Å². The number of rotatable bonds is 6. The van der Waals surface area contributed by atoms with Crippen molar-refractivity contribution in [2.45, 2.75) is 18.3 Å². The zero-order valence-corrected chi connectivity index (χ0v) is 16.3. The topological polar surface area (TPSA) is 142 Å². The van der Waals surface area contributed by atoms with Crippen LogP contribution in [0.3, 0.4) is 0 Å². The molecule has 0 aliphatic carbocycles. The van der Waals surface area contributed by atoms with Crippen LogP contribution in [0.4, 0.5) is 0 Å². The molecular weight excluding hydrogens is 414 g/mol. The number of thioether (sulfide) groups is 1. The molecule has 2 atom stereocenters. The van der Waals surface area contributed by atoms with Crippen LogP contribution in [0.1, 0.15) is 12.7 Å². The van der Waals surface area contributed by atoms with Gasteiger partial charge in [0, 0.05) is 5.75 Å². The molecule has 1 unspecified atom stereocenters. The lowest BCUT2D eigenvalue weighted by molar-refractivity contribution is -0.146. The van der Waals surface area contributed by atoms with Crippen molar-refractivity contribution in [3.63, 3.8) is 0 Å². The molecule has 0 bridgehead atoms. The third-order valence-corrected chi connectivity index (χ3v) is 5.92. The Morgan fingerprint density at radius 1 is 1.48 bits per heavy atom. The second-order valence-electron chi connectivity index (χ2n) is 5.61. The third-order valence-electron chi connectivity index (χ3n) is 3.81. The van der Waals surface area contributed by atoms with Crippen molar-refractivity contribution in [2.75, 3.05) is 12.3 Å². The van der Waals surface area contributed by atoms with E-state index in [-0.39, 0.29) is 17.2 Å². The van der Waals surface area contributed by atoms with E-state index in [0.717, 1.165) is 17.1 Å². The summed E-state index contributed by atoms with van der Waals surface area (Å²) in [6.07, 6.45) is 0. The van der Waals surface area contributed by atoms with Crippen molar-refractivity contribution >= 4 is 64.5 Å². The van der Waals surface area contributed by atoms with Gasteiger partial charge in [-0.1, -0.05) is 12.6 Å². The number of carbonyl (C=O) groups is 4. The number of hydrogen-bond acceptors (Lipinski definition) is 9. The molecule has 1 aromatic heterocycles. The summed E-state index contributed by atoms with van der Waals surface area (Å²) in [6.45, 7) is 1.11. The zero-order chi connectivity index (χ0) is 19.7. The molecule has 3 heterocycles. The van der Waals surface area contributed by atoms with Crippen molar-refractivity contribution in [1.82, 2.24) is 19.6 Å². The minimum Gasteiger partial charge on any atom is -0.480 e. The van der Waals surface area contributed by atoms with Crippen LogP contribution >= 0.6 is 35.9 Å². The van der Waals surface area contributed by atoms with Crippen LogP contribution in [-0.4, -0.2) is 71.7 Å². The summed E-state index contributed by atoms with van der Waals surface area (Å²) in [4.78, 5) is 56.5. The predicted octanol–water partition coefficient (Wildman–Crippen LogP) is -0.458. The number of aromatic nitrogens is 2. The Morgan fingerprint density at radius 3 is 2.81 bits per heavy atom. The lowest BCUT2D eigenvalue weighted by atomic mass is 10.0. The van der Waals surface area contributed by atoms with Gasteiger partial charge in [0.15, 0.2) is 11.5 Å². The fourth-order valence-electron chi connectivity index (χ4n) is 2.65. The second-order valence-corrected chi connectivity index (χ2v) is 7.72. The number of carbonyl (C=O) groups excluding carboxylic acids is 3. The van der Waals surface area contributed by atoms with Gasteiger partial charge in [-0.2, -0.15) is 4.37 Å². The fourth-order valence-corrected chi connectivity index (χ4v) is 4.67. The highest BCUT2D eigenvalue weighted by atomic mass is 32.2. The maximum atomic E-state index is 12.6. The van der Waals surface area contributed by atoms with Gasteiger partial charge < -0.3 is 10.4 Å². The Hall–Kier alpha value is -2.25. The summed E-state index contributed by atoms with van der Waals surface area (Å²) < 4.78 is 3.90. The van der Waals surface area contributed by atoms with E-state index in [4.69, 9.17) is 5.11 Å². The highest BCUT2D eigenvalue weighted by Gasteiger charge is 2.53. The average Bonchev–Trinajstić information content (AvgIpc) is 3.13. The van der Waals surface area contributed by atoms with Crippen molar-refractivity contribution < 1.29 is 24.3 Å². The molecule has 1 saturated heterocycles. The van der Waals surface area contributed by atoms with E-state index in [0.29, 0.717) is 5.75 Å². The van der Waals surface area contributed by atoms with Gasteiger partial charge in [0.05, 0.1) is 5.70 Å². The number of nitrogens with one attached hydrogen (secondary N) is 1. The number of carboxylic acid groups (broad SMARTS) is 1. The molecule has 2 N–H and O–H groups in total. The first kappa shape index (κ1) is 19.5. The normalized spacial score (nSPS) is 22.2. The van der Waals surface area contributed by atoms with Gasteiger partial charge in [-0.3, -0.25) is 29.1 Å². The molecule has 1 aromatic rings. The highest BCUT2D eigenvalue weighted by Crippen LogP contribution is 2.40. The minimum atomic E-state index is -1.22. The van der Waals surface area contributed by atoms with E-state index >= 15 is 0 Å². The molecular formula is C14H13N5O5S3. The molecule has 0 aromatic carbocycles. The van der Waals surface area contributed by atoms with Crippen LogP contribution in [0.15, 0.2) is 21.8 Å². The second kappa shape index (κ2) is 7.78. The number of carboxylic acids is 1. The van der Waals surface area contributed by atoms with Crippen molar-refractivity contribution in [3.05, 3.63) is 22.6 Å². The number of aliphatic carboxylic acids is 1. The van der Waals surface area contributed by atoms with Gasteiger partial charge in [0.2, 0.25) is 5.12 Å². The van der Waals surface area contributed by atoms with E-state index in [1.165, 1.54) is 22.2 Å². The minimum absolute atomic E-state index is 0.0133. The van der Waals surface area contributed by atoms with E-state index in [1.807, 2.05) is 0 Å². The predicted molar refractivity (Wildman–Crippen MR) is 101 cm³/mol. The molecule has 3 rings (SSSR count). The Kier molecular flexibility index (Phi) is 5.62. The van der Waals surface area contributed by atoms with E-state index in [9.17, 15) is 19.2 Å². The standard InChI is InChI=1S/C14H13N5O5S3/c1-5-3-26-13-8(12(23)19(13)9(5)14(24)25)17-11(22)7(15-2-6(20)21)10-16-4-27-18-10/h4,8,13H,2-3H2,1H3,(H,17,22)(H,20,21)(H,24,25)/t8?,13-/m1/s1. The summed E-state index contributed by atoms with van der Waals surface area (Å²) >= 11 is 6.20. The number of hydrogen-bond donors (Lipinski definition) is 3. The molecule has 2 amide bonds. The number of fused-ring (bicyclic) bond motifs is 1. The number of aliphatic imine (C=N–C) groups is 1. The third kappa shape index (κ3) is 3.75. The highest BCUT2D eigenvalue weighted by molar-refractivity contribution is 8.00. The van der Waals surface area contributed by atoms with Gasteiger partial charge in [0.1, 0.15) is 23.5 Å². The summed E-state index contributed by atoms with van der Waals surface area (Å²) in [6, 6.07) is -0.869. The van der Waals surface area contributed by atoms with E-state index < -0.39 is 40.9 Å². The van der Waals surface area contributed by atoms with Crippen LogP contribution < -0.4 is 5.32 Å². The number of nitrogens with zero attached hydrogens (tertiary/aromatic N) is 4. The Morgan fingerprint density at radius 2 is 2.22 bits per heavy atom. The molecule has 10 nitrogen and oxygen atoms in total. The smallest absolute Gasteiger partial charge is 0.325 e. The van der Waals surface area contributed by atoms with Gasteiger partial charge >= 0.3 is 5.97 Å². The van der Waals surface area contributed by atoms with Gasteiger partial charge in [-0.05, 0) is 24.0 Å². The summed E-state index contributed by atoms with van der Waals surface area (Å²) in [7, 11) is 0. The van der Waals surface area contributed by atoms with Gasteiger partial charge in [-0.25, -0.2) is 4.98 Å². The molecule has 2 aliphatic heterocycles. The Labute approximate surface area is 166 Å². The average molecular weight is 427 g/mol. The summed E-state index contributed by atoms with van der Waals surface area (Å²) in [5, 5.41) is 10.4. The largest absolute Gasteiger partial charge is 0.480 e. The Balaban J connectivity index is 1.78. The van der Waals surface area contributed by atoms with Crippen molar-refractivity contribution in [2.24, 2.45) is 4.99 Å². The molecule has 27 heavy (non-hydrogen) atoms. The molecule has 0 saturated carbocycles. The number of amides is 2. The molecule has 1 fully saturated rings. The van der Waals surface area contributed by atoms with Crippen LogP contribution in [0, 0.1) is 0 Å². The lowest BCUT2D eigenvalue weighted by Crippen LogP contribution is -2.70. The number of thiol groups is 1. The number of β-lactam (4-membered cyclic amide) rings is 1. The molecule has 2 aliphatic rings. The van der Waals surface area contributed by atoms with Gasteiger partial charge in [0.25, 0.3) is 11.8 Å². The lowest BCUT2D eigenvalue weighted by Gasteiger charge is -2.49. The van der Waals surface area contributed by atoms with E-state index in [2.05, 4.69) is 32.3 Å². The molecule has 0 spiro atoms. The SMILES string of the molecule is CC1=C(C(=O)S)N2C(=O)C(NC(=O)C(=NCC(=O)O)c3ncsn3)[C@H]2SC1. The van der Waals surface area contributed by atoms with Gasteiger partial charge in [-0.15, -0.1) is 11.8 Å². The first-order chi connectivity index (χ1) is 12.8. The maximum Gasteiger partial charge on any atom is 0.325 e. The summed E-state index contributed by atoms with van der Waals surface area (Å²) in [5.41, 5.74) is 2.09. The molecule has 0 radical (unpaired) electrons. The van der Waals surface area contributed by atoms with Crippen LogP contribution in [0.25, 0.3) is 0 Å². The van der Waals surface area contributed by atoms with Crippen LogP contribution in [0.5, 0.6) is 0 Å². The zero-order valence-electron chi connectivity index (χ0n) is 13.8. The maximum absolute atomic E-state index is 12.6. The summed E-state index contributed by atoms with van der Waals surface area (Å²) in [5.74, 6) is -1.90. The monoisotopic (exact) mass is 427 g/mol. The van der Waals surface area contributed by atoms with E-state index in [1.54, 1.807) is 6.92 Å². The van der Waals surface area contributed by atoms with Crippen molar-refractivity contribution in [1.29, 1.82) is 0 Å². The Bertz CT molecular complexity index is 882. The van der Waals surface area contributed by atoms with Crippen LogP contribution in [0.2, 0.25) is 0 Å². The first-order valence-corrected chi connectivity index (χ1v) is 9.86. The first-order valence-electron chi connectivity index (χ1n) is 7.52. The fraction of sp³-hybridized carbons (Fsp3) is 0.357. The van der Waals surface area contributed by atoms with Crippen LogP contribution in [-0.2, 0) is 19.2 Å². The molecule has 13 heteroatoms. The molecule has 142 valence electrons.